The maximum atomic E-state index is 12.8. The maximum Gasteiger partial charge on any atom is 0.257 e. The lowest BCUT2D eigenvalue weighted by Gasteiger charge is -2.12. The molecule has 3 aromatic rings. The summed E-state index contributed by atoms with van der Waals surface area (Å²) < 4.78 is 2.08. The lowest BCUT2D eigenvalue weighted by Crippen LogP contribution is -2.21. The summed E-state index contributed by atoms with van der Waals surface area (Å²) >= 11 is 0. The number of anilines is 1. The highest BCUT2D eigenvalue weighted by molar-refractivity contribution is 6.05. The van der Waals surface area contributed by atoms with Crippen LogP contribution in [0.5, 0.6) is 0 Å². The van der Waals surface area contributed by atoms with Crippen molar-refractivity contribution in [3.63, 3.8) is 0 Å². The molecule has 0 spiro atoms. The topological polar surface area (TPSA) is 54.3 Å². The predicted octanol–water partition coefficient (Wildman–Crippen LogP) is 4.36. The van der Waals surface area contributed by atoms with Crippen molar-refractivity contribution in [1.82, 2.24) is 9.47 Å². The van der Waals surface area contributed by atoms with Crippen molar-refractivity contribution in [3.05, 3.63) is 82.7 Å². The zero-order chi connectivity index (χ0) is 20.4. The minimum Gasteiger partial charge on any atom is -0.345 e. The largest absolute Gasteiger partial charge is 0.345 e. The minimum absolute atomic E-state index is 0.0698. The lowest BCUT2D eigenvalue weighted by molar-refractivity contribution is 0.0827. The molecule has 0 saturated heterocycles. The monoisotopic (exact) mass is 375 g/mol. The van der Waals surface area contributed by atoms with E-state index < -0.39 is 0 Å². The molecule has 1 aromatic heterocycles. The number of nitrogens with one attached hydrogen (secondary N) is 1. The number of carbonyl (C=O) groups excluding carboxylic acids is 2. The zero-order valence-corrected chi connectivity index (χ0v) is 16.9. The number of rotatable bonds is 4. The summed E-state index contributed by atoms with van der Waals surface area (Å²) in [4.78, 5) is 26.3. The van der Waals surface area contributed by atoms with Crippen LogP contribution in [0, 0.1) is 20.8 Å². The summed E-state index contributed by atoms with van der Waals surface area (Å²) in [5, 5.41) is 2.92. The molecule has 0 aliphatic rings. The van der Waals surface area contributed by atoms with E-state index in [2.05, 4.69) is 28.9 Å². The first-order valence-corrected chi connectivity index (χ1v) is 9.17. The standard InChI is InChI=1S/C23H25N3O2/c1-15-7-6-8-20(13-15)26-16(2)14-21(17(26)3)22(27)24-19-11-9-18(10-12-19)23(28)25(4)5/h6-14H,1-5H3,(H,24,27). The van der Waals surface area contributed by atoms with E-state index in [0.29, 0.717) is 16.8 Å². The van der Waals surface area contributed by atoms with Crippen molar-refractivity contribution >= 4 is 17.5 Å². The van der Waals surface area contributed by atoms with Crippen molar-refractivity contribution in [3.8, 4) is 5.69 Å². The van der Waals surface area contributed by atoms with Crippen LogP contribution in [-0.2, 0) is 0 Å². The van der Waals surface area contributed by atoms with Gasteiger partial charge in [-0.25, -0.2) is 0 Å². The van der Waals surface area contributed by atoms with Crippen LogP contribution in [0.25, 0.3) is 5.69 Å². The van der Waals surface area contributed by atoms with Gasteiger partial charge in [0.05, 0.1) is 5.56 Å². The van der Waals surface area contributed by atoms with E-state index in [1.165, 1.54) is 10.5 Å². The highest BCUT2D eigenvalue weighted by Gasteiger charge is 2.17. The van der Waals surface area contributed by atoms with Gasteiger partial charge < -0.3 is 14.8 Å². The Hall–Kier alpha value is -3.34. The smallest absolute Gasteiger partial charge is 0.257 e. The first kappa shape index (κ1) is 19.4. The molecular formula is C23H25N3O2. The third-order valence-corrected chi connectivity index (χ3v) is 4.73. The van der Waals surface area contributed by atoms with Gasteiger partial charge in [-0.2, -0.15) is 0 Å². The summed E-state index contributed by atoms with van der Waals surface area (Å²) in [6, 6.07) is 17.0. The zero-order valence-electron chi connectivity index (χ0n) is 16.9. The summed E-state index contributed by atoms with van der Waals surface area (Å²) in [7, 11) is 3.42. The molecule has 0 unspecified atom stereocenters. The SMILES string of the molecule is Cc1cccc(-n2c(C)cc(C(=O)Nc3ccc(C(=O)N(C)C)cc3)c2C)c1. The van der Waals surface area contributed by atoms with Gasteiger partial charge in [0.15, 0.2) is 0 Å². The van der Waals surface area contributed by atoms with E-state index in [0.717, 1.165) is 17.1 Å². The molecule has 0 saturated carbocycles. The number of nitrogens with zero attached hydrogens (tertiary/aromatic N) is 2. The molecular weight excluding hydrogens is 350 g/mol. The van der Waals surface area contributed by atoms with E-state index in [-0.39, 0.29) is 11.8 Å². The Morgan fingerprint density at radius 1 is 0.929 bits per heavy atom. The van der Waals surface area contributed by atoms with Gasteiger partial charge in [0.1, 0.15) is 0 Å². The van der Waals surface area contributed by atoms with E-state index in [9.17, 15) is 9.59 Å². The van der Waals surface area contributed by atoms with E-state index in [1.807, 2.05) is 32.0 Å². The van der Waals surface area contributed by atoms with Gasteiger partial charge in [-0.1, -0.05) is 12.1 Å². The van der Waals surface area contributed by atoms with Crippen molar-refractivity contribution in [1.29, 1.82) is 0 Å². The van der Waals surface area contributed by atoms with E-state index in [1.54, 1.807) is 38.4 Å². The lowest BCUT2D eigenvalue weighted by atomic mass is 10.1. The molecule has 3 rings (SSSR count). The van der Waals surface area contributed by atoms with Gasteiger partial charge in [0, 0.05) is 42.4 Å². The molecule has 0 fully saturated rings. The average Bonchev–Trinajstić information content (AvgIpc) is 2.96. The summed E-state index contributed by atoms with van der Waals surface area (Å²) in [6.07, 6.45) is 0. The fraction of sp³-hybridized carbons (Fsp3) is 0.217. The summed E-state index contributed by atoms with van der Waals surface area (Å²) in [6.45, 7) is 5.99. The van der Waals surface area contributed by atoms with Crippen LogP contribution in [0.1, 0.15) is 37.7 Å². The van der Waals surface area contributed by atoms with Gasteiger partial charge >= 0.3 is 0 Å². The second-order valence-electron chi connectivity index (χ2n) is 7.19. The Morgan fingerprint density at radius 3 is 2.21 bits per heavy atom. The number of aryl methyl sites for hydroxylation is 2. The first-order valence-electron chi connectivity index (χ1n) is 9.17. The van der Waals surface area contributed by atoms with Crippen LogP contribution in [-0.4, -0.2) is 35.4 Å². The number of carbonyl (C=O) groups is 2. The Bertz CT molecular complexity index is 1030. The third kappa shape index (κ3) is 3.83. The number of hydrogen-bond acceptors (Lipinski definition) is 2. The molecule has 144 valence electrons. The molecule has 0 aliphatic heterocycles. The number of hydrogen-bond donors (Lipinski definition) is 1. The van der Waals surface area contributed by atoms with Crippen LogP contribution in [0.3, 0.4) is 0 Å². The number of aromatic nitrogens is 1. The highest BCUT2D eigenvalue weighted by atomic mass is 16.2. The van der Waals surface area contributed by atoms with Crippen molar-refractivity contribution in [2.45, 2.75) is 20.8 Å². The second-order valence-corrected chi connectivity index (χ2v) is 7.19. The second kappa shape index (κ2) is 7.72. The van der Waals surface area contributed by atoms with Gasteiger partial charge in [0.25, 0.3) is 11.8 Å². The Labute approximate surface area is 165 Å². The molecule has 0 radical (unpaired) electrons. The Kier molecular flexibility index (Phi) is 5.36. The molecule has 5 heteroatoms. The summed E-state index contributed by atoms with van der Waals surface area (Å²) in [5.41, 5.74) is 5.97. The predicted molar refractivity (Wildman–Crippen MR) is 112 cm³/mol. The van der Waals surface area contributed by atoms with Crippen LogP contribution in [0.15, 0.2) is 54.6 Å². The normalized spacial score (nSPS) is 10.6. The maximum absolute atomic E-state index is 12.8. The highest BCUT2D eigenvalue weighted by Crippen LogP contribution is 2.22. The molecule has 2 amide bonds. The fourth-order valence-electron chi connectivity index (χ4n) is 3.31. The molecule has 0 aliphatic carbocycles. The molecule has 1 heterocycles. The fourth-order valence-corrected chi connectivity index (χ4v) is 3.31. The summed E-state index contributed by atoms with van der Waals surface area (Å²) in [5.74, 6) is -0.238. The van der Waals surface area contributed by atoms with Gasteiger partial charge in [-0.3, -0.25) is 9.59 Å². The van der Waals surface area contributed by atoms with Gasteiger partial charge in [-0.15, -0.1) is 0 Å². The van der Waals surface area contributed by atoms with Crippen LogP contribution in [0.2, 0.25) is 0 Å². The number of amides is 2. The van der Waals surface area contributed by atoms with Crippen molar-refractivity contribution in [2.75, 3.05) is 19.4 Å². The Morgan fingerprint density at radius 2 is 1.61 bits per heavy atom. The average molecular weight is 375 g/mol. The van der Waals surface area contributed by atoms with Gasteiger partial charge in [0.2, 0.25) is 0 Å². The van der Waals surface area contributed by atoms with Crippen LogP contribution in [0.4, 0.5) is 5.69 Å². The van der Waals surface area contributed by atoms with Crippen molar-refractivity contribution in [2.24, 2.45) is 0 Å². The Balaban J connectivity index is 1.84. The quantitative estimate of drug-likeness (QED) is 0.737. The van der Waals surface area contributed by atoms with Crippen LogP contribution >= 0.6 is 0 Å². The molecule has 2 aromatic carbocycles. The van der Waals surface area contributed by atoms with E-state index >= 15 is 0 Å². The third-order valence-electron chi connectivity index (χ3n) is 4.73. The minimum atomic E-state index is -0.168. The van der Waals surface area contributed by atoms with Gasteiger partial charge in [-0.05, 0) is 68.8 Å². The molecule has 1 N–H and O–H groups in total. The van der Waals surface area contributed by atoms with Crippen molar-refractivity contribution < 1.29 is 9.59 Å². The molecule has 5 nitrogen and oxygen atoms in total. The molecule has 0 bridgehead atoms. The molecule has 0 atom stereocenters. The number of benzene rings is 2. The van der Waals surface area contributed by atoms with Crippen LogP contribution < -0.4 is 5.32 Å². The molecule has 28 heavy (non-hydrogen) atoms. The van der Waals surface area contributed by atoms with E-state index in [4.69, 9.17) is 0 Å². The first-order chi connectivity index (χ1) is 13.3.